The largest absolute Gasteiger partial charge is 0.491 e. The standard InChI is InChI=1S/C19H21NO2/c21-15-17-9-6-10-18(16-7-2-1-3-8-16)19(17)22-14-13-20-11-4-5-12-20/h1-3,6-10,15H,4-5,11-14H2. The summed E-state index contributed by atoms with van der Waals surface area (Å²) in [5, 5.41) is 0. The van der Waals surface area contributed by atoms with E-state index in [1.165, 1.54) is 12.8 Å². The van der Waals surface area contributed by atoms with Crippen LogP contribution in [0.15, 0.2) is 48.5 Å². The van der Waals surface area contributed by atoms with Crippen molar-refractivity contribution in [3.05, 3.63) is 54.1 Å². The fraction of sp³-hybridized carbons (Fsp3) is 0.316. The lowest BCUT2D eigenvalue weighted by Gasteiger charge is -2.17. The Hall–Kier alpha value is -2.13. The van der Waals surface area contributed by atoms with Gasteiger partial charge in [-0.1, -0.05) is 42.5 Å². The number of likely N-dealkylation sites (tertiary alicyclic amines) is 1. The summed E-state index contributed by atoms with van der Waals surface area (Å²) < 4.78 is 6.00. The first-order valence-corrected chi connectivity index (χ1v) is 7.87. The lowest BCUT2D eigenvalue weighted by atomic mass is 10.0. The minimum Gasteiger partial charge on any atom is -0.491 e. The zero-order valence-corrected chi connectivity index (χ0v) is 12.7. The Bertz CT molecular complexity index is 619. The normalized spacial score (nSPS) is 14.9. The summed E-state index contributed by atoms with van der Waals surface area (Å²) in [7, 11) is 0. The molecule has 0 unspecified atom stereocenters. The van der Waals surface area contributed by atoms with E-state index in [4.69, 9.17) is 4.74 Å². The van der Waals surface area contributed by atoms with Crippen LogP contribution in [-0.2, 0) is 0 Å². The number of para-hydroxylation sites is 1. The van der Waals surface area contributed by atoms with Gasteiger partial charge >= 0.3 is 0 Å². The summed E-state index contributed by atoms with van der Waals surface area (Å²) in [4.78, 5) is 13.7. The zero-order valence-electron chi connectivity index (χ0n) is 12.7. The van der Waals surface area contributed by atoms with Crippen LogP contribution in [0, 0.1) is 0 Å². The van der Waals surface area contributed by atoms with Gasteiger partial charge in [0.2, 0.25) is 0 Å². The van der Waals surface area contributed by atoms with Crippen LogP contribution in [0.5, 0.6) is 5.75 Å². The highest BCUT2D eigenvalue weighted by molar-refractivity contribution is 5.86. The van der Waals surface area contributed by atoms with Gasteiger partial charge in [-0.25, -0.2) is 0 Å². The Morgan fingerprint density at radius 3 is 2.50 bits per heavy atom. The molecule has 2 aromatic carbocycles. The predicted octanol–water partition coefficient (Wildman–Crippen LogP) is 3.64. The second-order valence-electron chi connectivity index (χ2n) is 5.61. The predicted molar refractivity (Wildman–Crippen MR) is 88.4 cm³/mol. The molecule has 0 atom stereocenters. The molecule has 0 N–H and O–H groups in total. The zero-order chi connectivity index (χ0) is 15.2. The highest BCUT2D eigenvalue weighted by Crippen LogP contribution is 2.32. The molecular weight excluding hydrogens is 274 g/mol. The van der Waals surface area contributed by atoms with Crippen molar-refractivity contribution in [1.29, 1.82) is 0 Å². The SMILES string of the molecule is O=Cc1cccc(-c2ccccc2)c1OCCN1CCCC1. The maximum absolute atomic E-state index is 11.3. The van der Waals surface area contributed by atoms with Crippen LogP contribution < -0.4 is 4.74 Å². The fourth-order valence-corrected chi connectivity index (χ4v) is 2.94. The van der Waals surface area contributed by atoms with Crippen molar-refractivity contribution in [2.45, 2.75) is 12.8 Å². The summed E-state index contributed by atoms with van der Waals surface area (Å²) in [5.74, 6) is 0.697. The Morgan fingerprint density at radius 1 is 1.00 bits per heavy atom. The number of carbonyl (C=O) groups excluding carboxylic acids is 1. The first-order chi connectivity index (χ1) is 10.9. The van der Waals surface area contributed by atoms with Crippen LogP contribution in [-0.4, -0.2) is 37.4 Å². The third-order valence-electron chi connectivity index (χ3n) is 4.11. The molecule has 2 aromatic rings. The van der Waals surface area contributed by atoms with E-state index in [1.54, 1.807) is 0 Å². The van der Waals surface area contributed by atoms with Crippen molar-refractivity contribution in [3.8, 4) is 16.9 Å². The quantitative estimate of drug-likeness (QED) is 0.762. The molecule has 1 saturated heterocycles. The number of hydrogen-bond donors (Lipinski definition) is 0. The van der Waals surface area contributed by atoms with Crippen LogP contribution in [0.3, 0.4) is 0 Å². The Morgan fingerprint density at radius 2 is 1.77 bits per heavy atom. The molecule has 3 heteroatoms. The topological polar surface area (TPSA) is 29.5 Å². The van der Waals surface area contributed by atoms with Crippen LogP contribution >= 0.6 is 0 Å². The summed E-state index contributed by atoms with van der Waals surface area (Å²) in [6, 6.07) is 15.8. The lowest BCUT2D eigenvalue weighted by Crippen LogP contribution is -2.25. The minimum absolute atomic E-state index is 0.614. The van der Waals surface area contributed by atoms with Crippen LogP contribution in [0.2, 0.25) is 0 Å². The van der Waals surface area contributed by atoms with E-state index in [1.807, 2.05) is 48.5 Å². The van der Waals surface area contributed by atoms with E-state index in [0.29, 0.717) is 17.9 Å². The molecule has 114 valence electrons. The average molecular weight is 295 g/mol. The maximum atomic E-state index is 11.3. The molecule has 0 bridgehead atoms. The van der Waals surface area contributed by atoms with Gasteiger partial charge < -0.3 is 4.74 Å². The summed E-state index contributed by atoms with van der Waals surface area (Å²) in [5.41, 5.74) is 2.66. The molecule has 1 fully saturated rings. The van der Waals surface area contributed by atoms with E-state index < -0.39 is 0 Å². The van der Waals surface area contributed by atoms with E-state index in [2.05, 4.69) is 4.90 Å². The summed E-state index contributed by atoms with van der Waals surface area (Å²) >= 11 is 0. The smallest absolute Gasteiger partial charge is 0.153 e. The van der Waals surface area contributed by atoms with Crippen LogP contribution in [0.25, 0.3) is 11.1 Å². The molecule has 0 aliphatic carbocycles. The second-order valence-corrected chi connectivity index (χ2v) is 5.61. The number of carbonyl (C=O) groups is 1. The van der Waals surface area contributed by atoms with Crippen molar-refractivity contribution < 1.29 is 9.53 Å². The molecule has 0 saturated carbocycles. The van der Waals surface area contributed by atoms with E-state index in [0.717, 1.165) is 37.0 Å². The van der Waals surface area contributed by atoms with E-state index in [-0.39, 0.29) is 0 Å². The third-order valence-corrected chi connectivity index (χ3v) is 4.11. The number of benzene rings is 2. The fourth-order valence-electron chi connectivity index (χ4n) is 2.94. The molecule has 3 nitrogen and oxygen atoms in total. The molecule has 0 spiro atoms. The lowest BCUT2D eigenvalue weighted by molar-refractivity contribution is 0.111. The number of aldehydes is 1. The molecule has 22 heavy (non-hydrogen) atoms. The van der Waals surface area contributed by atoms with Crippen molar-refractivity contribution in [1.82, 2.24) is 4.90 Å². The highest BCUT2D eigenvalue weighted by atomic mass is 16.5. The van der Waals surface area contributed by atoms with Crippen molar-refractivity contribution in [2.24, 2.45) is 0 Å². The molecule has 3 rings (SSSR count). The summed E-state index contributed by atoms with van der Waals surface area (Å²) in [6.45, 7) is 3.85. The van der Waals surface area contributed by atoms with Gasteiger partial charge in [-0.2, -0.15) is 0 Å². The van der Waals surface area contributed by atoms with Crippen LogP contribution in [0.1, 0.15) is 23.2 Å². The van der Waals surface area contributed by atoms with Crippen molar-refractivity contribution in [3.63, 3.8) is 0 Å². The molecule has 0 aromatic heterocycles. The Kier molecular flexibility index (Phi) is 4.86. The molecule has 1 aliphatic heterocycles. The van der Waals surface area contributed by atoms with Gasteiger partial charge in [0.05, 0.1) is 5.56 Å². The monoisotopic (exact) mass is 295 g/mol. The molecule has 0 amide bonds. The number of rotatable bonds is 6. The molecular formula is C19H21NO2. The molecule has 0 radical (unpaired) electrons. The van der Waals surface area contributed by atoms with Crippen LogP contribution in [0.4, 0.5) is 0 Å². The molecule has 1 aliphatic rings. The Labute approximate surface area is 131 Å². The Balaban J connectivity index is 1.79. The number of nitrogens with zero attached hydrogens (tertiary/aromatic N) is 1. The third kappa shape index (κ3) is 3.37. The van der Waals surface area contributed by atoms with Crippen molar-refractivity contribution >= 4 is 6.29 Å². The van der Waals surface area contributed by atoms with Gasteiger partial charge in [-0.05, 0) is 37.6 Å². The number of hydrogen-bond acceptors (Lipinski definition) is 3. The van der Waals surface area contributed by atoms with Gasteiger partial charge in [-0.15, -0.1) is 0 Å². The first kappa shape index (κ1) is 14.8. The summed E-state index contributed by atoms with van der Waals surface area (Å²) in [6.07, 6.45) is 3.43. The van der Waals surface area contributed by atoms with E-state index >= 15 is 0 Å². The van der Waals surface area contributed by atoms with Gasteiger partial charge in [0.25, 0.3) is 0 Å². The maximum Gasteiger partial charge on any atom is 0.153 e. The number of ether oxygens (including phenoxy) is 1. The van der Waals surface area contributed by atoms with Gasteiger partial charge in [-0.3, -0.25) is 9.69 Å². The van der Waals surface area contributed by atoms with Gasteiger partial charge in [0, 0.05) is 12.1 Å². The van der Waals surface area contributed by atoms with Crippen molar-refractivity contribution in [2.75, 3.05) is 26.2 Å². The van der Waals surface area contributed by atoms with E-state index in [9.17, 15) is 4.79 Å². The molecule has 1 heterocycles. The second kappa shape index (κ2) is 7.23. The van der Waals surface area contributed by atoms with Gasteiger partial charge in [0.15, 0.2) is 6.29 Å². The average Bonchev–Trinajstić information content (AvgIpc) is 3.09. The van der Waals surface area contributed by atoms with Gasteiger partial charge in [0.1, 0.15) is 12.4 Å². The minimum atomic E-state index is 0.614. The first-order valence-electron chi connectivity index (χ1n) is 7.87. The highest BCUT2D eigenvalue weighted by Gasteiger charge is 2.14.